The molecule has 0 fully saturated rings. The molecule has 10 heteroatoms. The van der Waals surface area contributed by atoms with Crippen molar-refractivity contribution in [3.8, 4) is 11.5 Å². The maximum atomic E-state index is 12.1. The van der Waals surface area contributed by atoms with Gasteiger partial charge in [-0.15, -0.1) is 5.10 Å². The average Bonchev–Trinajstić information content (AvgIpc) is 2.91. The topological polar surface area (TPSA) is 115 Å². The van der Waals surface area contributed by atoms with E-state index in [0.717, 1.165) is 11.8 Å². The molecule has 1 atom stereocenters. The Morgan fingerprint density at radius 3 is 2.88 bits per heavy atom. The van der Waals surface area contributed by atoms with Crippen LogP contribution >= 0.6 is 11.8 Å². The summed E-state index contributed by atoms with van der Waals surface area (Å²) in [5.41, 5.74) is -0.375. The molecule has 9 nitrogen and oxygen atoms in total. The summed E-state index contributed by atoms with van der Waals surface area (Å²) in [5, 5.41) is 8.63. The van der Waals surface area contributed by atoms with Gasteiger partial charge in [-0.2, -0.15) is 0 Å². The fourth-order valence-corrected chi connectivity index (χ4v) is 2.71. The Hall–Kier alpha value is -2.75. The van der Waals surface area contributed by atoms with Gasteiger partial charge in [-0.1, -0.05) is 23.9 Å². The number of ether oxygens (including phenoxy) is 2. The van der Waals surface area contributed by atoms with Gasteiger partial charge in [-0.05, 0) is 12.1 Å². The lowest BCUT2D eigenvalue weighted by molar-refractivity contribution is -0.135. The Bertz CT molecular complexity index is 831. The van der Waals surface area contributed by atoms with Crippen molar-refractivity contribution in [2.24, 2.45) is 7.05 Å². The van der Waals surface area contributed by atoms with Gasteiger partial charge in [0, 0.05) is 7.05 Å². The van der Waals surface area contributed by atoms with E-state index in [-0.39, 0.29) is 18.0 Å². The fourth-order valence-electron chi connectivity index (χ4n) is 1.99. The number of aromatic nitrogens is 3. The average molecular weight is 350 g/mol. The number of H-pyrrole nitrogens is 1. The number of carbonyl (C=O) groups is 2. The lowest BCUT2D eigenvalue weighted by Crippen LogP contribution is -2.46. The van der Waals surface area contributed by atoms with E-state index in [4.69, 9.17) is 9.47 Å². The van der Waals surface area contributed by atoms with E-state index in [1.165, 1.54) is 11.6 Å². The first kappa shape index (κ1) is 16.1. The number of amides is 2. The van der Waals surface area contributed by atoms with Crippen LogP contribution in [0.4, 0.5) is 0 Å². The molecule has 0 radical (unpaired) electrons. The highest BCUT2D eigenvalue weighted by Gasteiger charge is 2.28. The molecule has 0 saturated heterocycles. The zero-order valence-electron chi connectivity index (χ0n) is 12.6. The predicted octanol–water partition coefficient (Wildman–Crippen LogP) is -0.317. The number of carbonyl (C=O) groups excluding carboxylic acids is 2. The molecule has 1 aliphatic heterocycles. The van der Waals surface area contributed by atoms with Crippen molar-refractivity contribution < 1.29 is 19.1 Å². The molecule has 2 heterocycles. The number of thioether (sulfide) groups is 1. The molecule has 0 saturated carbocycles. The molecule has 0 unspecified atom stereocenters. The maximum absolute atomic E-state index is 12.1. The first-order valence-corrected chi connectivity index (χ1v) is 7.99. The van der Waals surface area contributed by atoms with Crippen LogP contribution in [0.3, 0.4) is 0 Å². The van der Waals surface area contributed by atoms with Gasteiger partial charge < -0.3 is 9.47 Å². The smallest absolute Gasteiger partial charge is 0.343 e. The molecule has 1 aliphatic rings. The van der Waals surface area contributed by atoms with Crippen LogP contribution in [0.15, 0.2) is 34.2 Å². The molecule has 2 aromatic rings. The Morgan fingerprint density at radius 1 is 1.42 bits per heavy atom. The van der Waals surface area contributed by atoms with Crippen molar-refractivity contribution in [1.82, 2.24) is 20.1 Å². The molecular formula is C14H14N4O5S. The molecule has 1 aromatic heterocycles. The van der Waals surface area contributed by atoms with Crippen molar-refractivity contribution in [1.29, 1.82) is 0 Å². The second-order valence-corrected chi connectivity index (χ2v) is 5.88. The number of hydrogen-bond donors (Lipinski definition) is 2. The van der Waals surface area contributed by atoms with Gasteiger partial charge in [0.1, 0.15) is 6.61 Å². The summed E-state index contributed by atoms with van der Waals surface area (Å²) in [4.78, 5) is 35.2. The Balaban J connectivity index is 1.52. The minimum absolute atomic E-state index is 0.0249. The highest BCUT2D eigenvalue weighted by molar-refractivity contribution is 7.99. The highest BCUT2D eigenvalue weighted by Crippen LogP contribution is 2.30. The molecule has 24 heavy (non-hydrogen) atoms. The second-order valence-electron chi connectivity index (χ2n) is 4.94. The van der Waals surface area contributed by atoms with E-state index in [1.54, 1.807) is 24.3 Å². The summed E-state index contributed by atoms with van der Waals surface area (Å²) in [6, 6.07) is 6.98. The zero-order valence-corrected chi connectivity index (χ0v) is 13.5. The number of nitrogens with zero attached hydrogens (tertiary/aromatic N) is 2. The van der Waals surface area contributed by atoms with Gasteiger partial charge in [0.15, 0.2) is 16.7 Å². The van der Waals surface area contributed by atoms with Crippen LogP contribution in [0.5, 0.6) is 11.5 Å². The van der Waals surface area contributed by atoms with Gasteiger partial charge in [0.2, 0.25) is 12.0 Å². The lowest BCUT2D eigenvalue weighted by atomic mass is 10.2. The number of imide groups is 1. The van der Waals surface area contributed by atoms with E-state index in [0.29, 0.717) is 16.7 Å². The number of aromatic amines is 1. The number of hydrogen-bond acceptors (Lipinski definition) is 7. The first-order chi connectivity index (χ1) is 11.5. The monoisotopic (exact) mass is 350 g/mol. The third-order valence-electron chi connectivity index (χ3n) is 3.23. The second kappa shape index (κ2) is 6.79. The molecular weight excluding hydrogens is 336 g/mol. The summed E-state index contributed by atoms with van der Waals surface area (Å²) in [6.45, 7) is 0.0249. The fraction of sp³-hybridized carbons (Fsp3) is 0.286. The maximum Gasteiger partial charge on any atom is 0.343 e. The summed E-state index contributed by atoms with van der Waals surface area (Å²) in [7, 11) is 1.53. The molecule has 0 aliphatic carbocycles. The van der Waals surface area contributed by atoms with E-state index in [1.807, 2.05) is 0 Å². The van der Waals surface area contributed by atoms with Crippen LogP contribution in [0, 0.1) is 0 Å². The van der Waals surface area contributed by atoms with Gasteiger partial charge in [-0.25, -0.2) is 9.89 Å². The van der Waals surface area contributed by atoms with Crippen molar-refractivity contribution in [2.75, 3.05) is 12.4 Å². The highest BCUT2D eigenvalue weighted by atomic mass is 32.2. The minimum Gasteiger partial charge on any atom is -0.485 e. The Morgan fingerprint density at radius 2 is 2.17 bits per heavy atom. The summed E-state index contributed by atoms with van der Waals surface area (Å²) >= 11 is 1.04. The van der Waals surface area contributed by atoms with Crippen LogP contribution in [0.2, 0.25) is 0 Å². The largest absolute Gasteiger partial charge is 0.485 e. The Kier molecular flexibility index (Phi) is 4.56. The van der Waals surface area contributed by atoms with Crippen LogP contribution in [0.25, 0.3) is 0 Å². The SMILES string of the molecule is Cn1c(SCC(=O)NC(=O)[C@H]2COc3ccccc3O2)n[nH]c1=O. The standard InChI is InChI=1S/C14H14N4O5S/c1-18-13(21)16-17-14(18)24-7-11(19)15-12(20)10-6-22-8-4-2-3-5-9(8)23-10/h2-5,10H,6-7H2,1H3,(H,16,21)(H,15,19,20)/t10-/m1/s1. The molecule has 126 valence electrons. The summed E-state index contributed by atoms with van der Waals surface area (Å²) < 4.78 is 12.2. The van der Waals surface area contributed by atoms with Crippen molar-refractivity contribution in [3.05, 3.63) is 34.7 Å². The minimum atomic E-state index is -0.899. The molecule has 3 rings (SSSR count). The molecule has 1 aromatic carbocycles. The van der Waals surface area contributed by atoms with Crippen LogP contribution in [0.1, 0.15) is 0 Å². The van der Waals surface area contributed by atoms with Crippen LogP contribution in [-0.2, 0) is 16.6 Å². The first-order valence-electron chi connectivity index (χ1n) is 7.01. The zero-order chi connectivity index (χ0) is 17.1. The quantitative estimate of drug-likeness (QED) is 0.726. The third kappa shape index (κ3) is 3.43. The van der Waals surface area contributed by atoms with Crippen LogP contribution in [-0.4, -0.2) is 45.0 Å². The summed E-state index contributed by atoms with van der Waals surface area (Å²) in [6.07, 6.45) is -0.899. The number of nitrogens with one attached hydrogen (secondary N) is 2. The molecule has 2 amide bonds. The normalized spacial score (nSPS) is 15.8. The predicted molar refractivity (Wildman–Crippen MR) is 84.1 cm³/mol. The number of rotatable bonds is 4. The van der Waals surface area contributed by atoms with Gasteiger partial charge >= 0.3 is 5.69 Å². The van der Waals surface area contributed by atoms with Crippen molar-refractivity contribution in [2.45, 2.75) is 11.3 Å². The van der Waals surface area contributed by atoms with Gasteiger partial charge in [0.05, 0.1) is 5.75 Å². The third-order valence-corrected chi connectivity index (χ3v) is 4.26. The number of fused-ring (bicyclic) bond motifs is 1. The molecule has 2 N–H and O–H groups in total. The molecule has 0 bridgehead atoms. The van der Waals surface area contributed by atoms with Crippen molar-refractivity contribution >= 4 is 23.6 Å². The number of para-hydroxylation sites is 2. The number of benzene rings is 1. The lowest BCUT2D eigenvalue weighted by Gasteiger charge is -2.25. The van der Waals surface area contributed by atoms with E-state index in [2.05, 4.69) is 15.5 Å². The van der Waals surface area contributed by atoms with Crippen molar-refractivity contribution in [3.63, 3.8) is 0 Å². The van der Waals surface area contributed by atoms with Crippen LogP contribution < -0.4 is 20.5 Å². The van der Waals surface area contributed by atoms with E-state index < -0.39 is 17.9 Å². The van der Waals surface area contributed by atoms with Gasteiger partial charge in [-0.3, -0.25) is 19.5 Å². The van der Waals surface area contributed by atoms with Gasteiger partial charge in [0.25, 0.3) is 5.91 Å². The summed E-state index contributed by atoms with van der Waals surface area (Å²) in [5.74, 6) is -0.136. The Labute approximate surface area is 140 Å². The molecule has 0 spiro atoms. The van der Waals surface area contributed by atoms with E-state index >= 15 is 0 Å². The van der Waals surface area contributed by atoms with E-state index in [9.17, 15) is 14.4 Å².